The molecule has 0 spiro atoms. The van der Waals surface area contributed by atoms with Crippen LogP contribution in [0.4, 0.5) is 0 Å². The molecule has 1 aromatic rings. The van der Waals surface area contributed by atoms with Crippen molar-refractivity contribution in [3.05, 3.63) is 29.8 Å². The van der Waals surface area contributed by atoms with E-state index in [2.05, 4.69) is 11.4 Å². The molecule has 1 aliphatic heterocycles. The highest BCUT2D eigenvalue weighted by Crippen LogP contribution is 2.21. The molecule has 0 radical (unpaired) electrons. The third-order valence-electron chi connectivity index (χ3n) is 4.48. The quantitative estimate of drug-likeness (QED) is 0.842. The SMILES string of the molecule is CC[C@@](C)(C#N)NC(=O)c1ccc(S(=O)(=O)N2C[C@@H](C)O[C@@H](C)C2)cc1. The molecular weight excluding hydrogens is 354 g/mol. The Morgan fingerprint density at radius 1 is 1.31 bits per heavy atom. The molecule has 0 aromatic heterocycles. The lowest BCUT2D eigenvalue weighted by atomic mass is 10.0. The van der Waals surface area contributed by atoms with Crippen molar-refractivity contribution in [1.82, 2.24) is 9.62 Å². The second kappa shape index (κ2) is 7.74. The van der Waals surface area contributed by atoms with E-state index >= 15 is 0 Å². The Kier molecular flexibility index (Phi) is 6.06. The largest absolute Gasteiger partial charge is 0.373 e. The Labute approximate surface area is 155 Å². The minimum atomic E-state index is -3.65. The summed E-state index contributed by atoms with van der Waals surface area (Å²) in [5.41, 5.74) is -0.648. The average molecular weight is 379 g/mol. The van der Waals surface area contributed by atoms with E-state index in [1.807, 2.05) is 20.8 Å². The molecule has 8 heteroatoms. The van der Waals surface area contributed by atoms with Crippen LogP contribution in [0.1, 0.15) is 44.5 Å². The zero-order chi connectivity index (χ0) is 19.5. The Hall–Kier alpha value is -1.95. The maximum absolute atomic E-state index is 12.8. The van der Waals surface area contributed by atoms with Crippen molar-refractivity contribution in [3.63, 3.8) is 0 Å². The molecule has 1 aromatic carbocycles. The molecule has 26 heavy (non-hydrogen) atoms. The number of nitrogens with one attached hydrogen (secondary N) is 1. The van der Waals surface area contributed by atoms with Crippen molar-refractivity contribution in [2.75, 3.05) is 13.1 Å². The number of carbonyl (C=O) groups is 1. The highest BCUT2D eigenvalue weighted by molar-refractivity contribution is 7.89. The molecule has 1 N–H and O–H groups in total. The van der Waals surface area contributed by atoms with Crippen LogP contribution in [0.25, 0.3) is 0 Å². The van der Waals surface area contributed by atoms with E-state index in [0.29, 0.717) is 25.1 Å². The van der Waals surface area contributed by atoms with Gasteiger partial charge in [0, 0.05) is 18.7 Å². The summed E-state index contributed by atoms with van der Waals surface area (Å²) in [5.74, 6) is -0.409. The van der Waals surface area contributed by atoms with Crippen LogP contribution in [0, 0.1) is 11.3 Å². The van der Waals surface area contributed by atoms with Crippen molar-refractivity contribution >= 4 is 15.9 Å². The van der Waals surface area contributed by atoms with E-state index in [1.54, 1.807) is 6.92 Å². The summed E-state index contributed by atoms with van der Waals surface area (Å²) in [6.45, 7) is 7.73. The molecule has 1 heterocycles. The van der Waals surface area contributed by atoms with E-state index in [0.717, 1.165) is 0 Å². The summed E-state index contributed by atoms with van der Waals surface area (Å²) in [4.78, 5) is 12.4. The number of carbonyl (C=O) groups excluding carboxylic acids is 1. The van der Waals surface area contributed by atoms with E-state index < -0.39 is 21.5 Å². The summed E-state index contributed by atoms with van der Waals surface area (Å²) < 4.78 is 32.6. The second-order valence-electron chi connectivity index (χ2n) is 6.86. The lowest BCUT2D eigenvalue weighted by molar-refractivity contribution is -0.0440. The lowest BCUT2D eigenvalue weighted by Crippen LogP contribution is -2.48. The molecule has 2 rings (SSSR count). The summed E-state index contributed by atoms with van der Waals surface area (Å²) in [7, 11) is -3.65. The summed E-state index contributed by atoms with van der Waals surface area (Å²) in [6.07, 6.45) is 0.127. The molecule has 0 unspecified atom stereocenters. The molecule has 142 valence electrons. The molecule has 7 nitrogen and oxygen atoms in total. The number of amides is 1. The molecular formula is C18H25N3O4S. The van der Waals surface area contributed by atoms with E-state index in [-0.39, 0.29) is 17.1 Å². The van der Waals surface area contributed by atoms with Gasteiger partial charge in [-0.05, 0) is 51.5 Å². The van der Waals surface area contributed by atoms with Crippen molar-refractivity contribution < 1.29 is 17.9 Å². The number of hydrogen-bond donors (Lipinski definition) is 1. The third kappa shape index (κ3) is 4.41. The number of benzene rings is 1. The van der Waals surface area contributed by atoms with Crippen LogP contribution in [0.2, 0.25) is 0 Å². The van der Waals surface area contributed by atoms with Crippen molar-refractivity contribution in [1.29, 1.82) is 5.26 Å². The number of rotatable bonds is 5. The molecule has 1 aliphatic rings. The number of sulfonamides is 1. The van der Waals surface area contributed by atoms with Gasteiger partial charge in [-0.3, -0.25) is 4.79 Å². The Balaban J connectivity index is 2.18. The van der Waals surface area contributed by atoms with Crippen LogP contribution in [0.3, 0.4) is 0 Å². The number of hydrogen-bond acceptors (Lipinski definition) is 5. The van der Waals surface area contributed by atoms with Gasteiger partial charge < -0.3 is 10.1 Å². The van der Waals surface area contributed by atoms with Crippen molar-refractivity contribution in [2.45, 2.75) is 56.8 Å². The highest BCUT2D eigenvalue weighted by atomic mass is 32.2. The predicted molar refractivity (Wildman–Crippen MR) is 97.0 cm³/mol. The number of morpholine rings is 1. The fraction of sp³-hybridized carbons (Fsp3) is 0.556. The molecule has 0 saturated carbocycles. The fourth-order valence-electron chi connectivity index (χ4n) is 2.77. The van der Waals surface area contributed by atoms with Gasteiger partial charge in [0.1, 0.15) is 5.54 Å². The first-order chi connectivity index (χ1) is 12.1. The Morgan fingerprint density at radius 3 is 2.31 bits per heavy atom. The monoisotopic (exact) mass is 379 g/mol. The topological polar surface area (TPSA) is 99.5 Å². The van der Waals surface area contributed by atoms with Crippen LogP contribution in [0.5, 0.6) is 0 Å². The molecule has 1 saturated heterocycles. The van der Waals surface area contributed by atoms with Crippen LogP contribution in [0.15, 0.2) is 29.2 Å². The molecule has 1 amide bonds. The smallest absolute Gasteiger partial charge is 0.252 e. The number of nitriles is 1. The summed E-state index contributed by atoms with van der Waals surface area (Å²) in [5, 5.41) is 11.8. The van der Waals surface area contributed by atoms with Gasteiger partial charge in [0.05, 0.1) is 23.2 Å². The first kappa shape index (κ1) is 20.4. The predicted octanol–water partition coefficient (Wildman–Crippen LogP) is 1.91. The summed E-state index contributed by atoms with van der Waals surface area (Å²) in [6, 6.07) is 7.83. The van der Waals surface area contributed by atoms with E-state index in [9.17, 15) is 13.2 Å². The molecule has 3 atom stereocenters. The van der Waals surface area contributed by atoms with Crippen LogP contribution in [-0.4, -0.2) is 49.5 Å². The Morgan fingerprint density at radius 2 is 1.85 bits per heavy atom. The second-order valence-corrected chi connectivity index (χ2v) is 8.79. The summed E-state index contributed by atoms with van der Waals surface area (Å²) >= 11 is 0. The zero-order valence-corrected chi connectivity index (χ0v) is 16.3. The van der Waals surface area contributed by atoms with E-state index in [1.165, 1.54) is 28.6 Å². The number of nitrogens with zero attached hydrogens (tertiary/aromatic N) is 2. The minimum absolute atomic E-state index is 0.133. The maximum Gasteiger partial charge on any atom is 0.252 e. The van der Waals surface area contributed by atoms with Crippen LogP contribution >= 0.6 is 0 Å². The van der Waals surface area contributed by atoms with Gasteiger partial charge in [-0.1, -0.05) is 6.92 Å². The lowest BCUT2D eigenvalue weighted by Gasteiger charge is -2.34. The van der Waals surface area contributed by atoms with Gasteiger partial charge in [-0.2, -0.15) is 9.57 Å². The third-order valence-corrected chi connectivity index (χ3v) is 6.33. The van der Waals surface area contributed by atoms with Crippen LogP contribution in [-0.2, 0) is 14.8 Å². The number of ether oxygens (including phenoxy) is 1. The molecule has 0 bridgehead atoms. The van der Waals surface area contributed by atoms with Gasteiger partial charge in [0.25, 0.3) is 5.91 Å². The van der Waals surface area contributed by atoms with Crippen molar-refractivity contribution in [3.8, 4) is 6.07 Å². The van der Waals surface area contributed by atoms with Crippen LogP contribution < -0.4 is 5.32 Å². The van der Waals surface area contributed by atoms with Gasteiger partial charge in [0.2, 0.25) is 10.0 Å². The van der Waals surface area contributed by atoms with E-state index in [4.69, 9.17) is 10.00 Å². The van der Waals surface area contributed by atoms with Crippen molar-refractivity contribution in [2.24, 2.45) is 0 Å². The van der Waals surface area contributed by atoms with Gasteiger partial charge in [-0.25, -0.2) is 8.42 Å². The first-order valence-electron chi connectivity index (χ1n) is 8.60. The Bertz CT molecular complexity index is 791. The maximum atomic E-state index is 12.8. The average Bonchev–Trinajstić information content (AvgIpc) is 2.60. The standard InChI is InChI=1S/C18H25N3O4S/c1-5-18(4,12-19)20-17(22)15-6-8-16(9-7-15)26(23,24)21-10-13(2)25-14(3)11-21/h6-9,13-14H,5,10-11H2,1-4H3,(H,20,22)/t13-,14+,18-/m0/s1. The fourth-order valence-corrected chi connectivity index (χ4v) is 4.36. The van der Waals surface area contributed by atoms with Gasteiger partial charge >= 0.3 is 0 Å². The van der Waals surface area contributed by atoms with Gasteiger partial charge in [-0.15, -0.1) is 0 Å². The zero-order valence-electron chi connectivity index (χ0n) is 15.5. The molecule has 0 aliphatic carbocycles. The highest BCUT2D eigenvalue weighted by Gasteiger charge is 2.32. The normalized spacial score (nSPS) is 23.7. The first-order valence-corrected chi connectivity index (χ1v) is 10.0. The minimum Gasteiger partial charge on any atom is -0.373 e. The van der Waals surface area contributed by atoms with Gasteiger partial charge in [0.15, 0.2) is 0 Å². The molecule has 1 fully saturated rings.